The fourth-order valence-corrected chi connectivity index (χ4v) is 0.623. The Kier molecular flexibility index (Phi) is 3.58. The molecule has 0 aromatic carbocycles. The van der Waals surface area contributed by atoms with Gasteiger partial charge in [-0.1, -0.05) is 0 Å². The average Bonchev–Trinajstić information content (AvgIpc) is 2.03. The maximum absolute atomic E-state index is 10.5. The maximum Gasteiger partial charge on any atom is 0.331 e. The highest BCUT2D eigenvalue weighted by molar-refractivity contribution is 5.89. The van der Waals surface area contributed by atoms with E-state index in [2.05, 4.69) is 0 Å². The molecule has 0 aliphatic rings. The van der Waals surface area contributed by atoms with E-state index in [4.69, 9.17) is 21.1 Å². The summed E-state index contributed by atoms with van der Waals surface area (Å²) in [6, 6.07) is 0. The minimum Gasteiger partial charge on any atom is -0.480 e. The summed E-state index contributed by atoms with van der Waals surface area (Å²) in [5, 5.41) is 25.6. The molecule has 0 radical (unpaired) electrons. The van der Waals surface area contributed by atoms with E-state index in [0.29, 0.717) is 0 Å². The third-order valence-electron chi connectivity index (χ3n) is 1.47. The zero-order valence-corrected chi connectivity index (χ0v) is 7.02. The Morgan fingerprint density at radius 1 is 1.46 bits per heavy atom. The van der Waals surface area contributed by atoms with Gasteiger partial charge in [0.25, 0.3) is 0 Å². The van der Waals surface area contributed by atoms with Crippen molar-refractivity contribution in [2.45, 2.75) is 12.5 Å². The second kappa shape index (κ2) is 4.01. The first-order valence-corrected chi connectivity index (χ1v) is 3.39. The van der Waals surface area contributed by atoms with Gasteiger partial charge < -0.3 is 21.1 Å². The van der Waals surface area contributed by atoms with E-state index in [9.17, 15) is 9.59 Å². The zero-order chi connectivity index (χ0) is 10.6. The number of carbonyl (C=O) groups is 2. The van der Waals surface area contributed by atoms with Crippen molar-refractivity contribution in [3.8, 4) is 0 Å². The first-order chi connectivity index (χ1) is 5.83. The number of hydrogen-bond acceptors (Lipinski definition) is 4. The van der Waals surface area contributed by atoms with Crippen LogP contribution in [0.1, 0.15) is 6.92 Å². The molecule has 0 aromatic heterocycles. The van der Waals surface area contributed by atoms with Gasteiger partial charge in [-0.15, -0.1) is 0 Å². The standard InChI is InChI=1S/C7H11NO5/c1-4(5(10)11)2-7(8,3-9)6(12)13/h2,9H,3,8H2,1H3,(H,10,11)(H,12,13)/b4-2+. The Hall–Kier alpha value is -1.40. The van der Waals surface area contributed by atoms with Gasteiger partial charge in [-0.2, -0.15) is 0 Å². The molecule has 74 valence electrons. The molecule has 0 aliphatic heterocycles. The van der Waals surface area contributed by atoms with E-state index in [-0.39, 0.29) is 5.57 Å². The lowest BCUT2D eigenvalue weighted by molar-refractivity contribution is -0.142. The molecule has 1 atom stereocenters. The number of aliphatic carboxylic acids is 2. The smallest absolute Gasteiger partial charge is 0.331 e. The minimum absolute atomic E-state index is 0.223. The highest BCUT2D eigenvalue weighted by Gasteiger charge is 2.31. The number of carboxylic acid groups (broad SMARTS) is 2. The third-order valence-corrected chi connectivity index (χ3v) is 1.47. The number of aliphatic hydroxyl groups excluding tert-OH is 1. The molecule has 0 aromatic rings. The van der Waals surface area contributed by atoms with Gasteiger partial charge in [0.15, 0.2) is 5.54 Å². The predicted molar refractivity (Wildman–Crippen MR) is 43.0 cm³/mol. The van der Waals surface area contributed by atoms with Crippen LogP contribution in [0, 0.1) is 0 Å². The lowest BCUT2D eigenvalue weighted by Gasteiger charge is -2.17. The molecule has 0 saturated carbocycles. The van der Waals surface area contributed by atoms with Crippen molar-refractivity contribution < 1.29 is 24.9 Å². The Morgan fingerprint density at radius 3 is 2.15 bits per heavy atom. The molecule has 0 aliphatic carbocycles. The maximum atomic E-state index is 10.5. The van der Waals surface area contributed by atoms with E-state index in [1.54, 1.807) is 0 Å². The molecule has 0 rings (SSSR count). The van der Waals surface area contributed by atoms with Crippen molar-refractivity contribution in [2.75, 3.05) is 6.61 Å². The molecule has 0 fully saturated rings. The summed E-state index contributed by atoms with van der Waals surface area (Å²) >= 11 is 0. The van der Waals surface area contributed by atoms with E-state index in [1.807, 2.05) is 0 Å². The van der Waals surface area contributed by atoms with Crippen molar-refractivity contribution >= 4 is 11.9 Å². The molecular weight excluding hydrogens is 178 g/mol. The van der Waals surface area contributed by atoms with E-state index in [1.165, 1.54) is 6.92 Å². The summed E-state index contributed by atoms with van der Waals surface area (Å²) < 4.78 is 0. The second-order valence-electron chi connectivity index (χ2n) is 2.64. The van der Waals surface area contributed by atoms with Crippen molar-refractivity contribution in [3.05, 3.63) is 11.6 Å². The van der Waals surface area contributed by atoms with Gasteiger partial charge in [-0.25, -0.2) is 9.59 Å². The SMILES string of the molecule is C/C(=C\C(N)(CO)C(=O)O)C(=O)O. The fourth-order valence-electron chi connectivity index (χ4n) is 0.623. The molecular formula is C7H11NO5. The van der Waals surface area contributed by atoms with E-state index >= 15 is 0 Å². The zero-order valence-electron chi connectivity index (χ0n) is 7.02. The summed E-state index contributed by atoms with van der Waals surface area (Å²) in [5.74, 6) is -2.75. The predicted octanol–water partition coefficient (Wildman–Crippen LogP) is -1.21. The molecule has 0 saturated heterocycles. The molecule has 1 unspecified atom stereocenters. The van der Waals surface area contributed by atoms with Crippen LogP contribution >= 0.6 is 0 Å². The number of nitrogens with two attached hydrogens (primary N) is 1. The van der Waals surface area contributed by atoms with Gasteiger partial charge in [0.1, 0.15) is 0 Å². The molecule has 13 heavy (non-hydrogen) atoms. The number of aliphatic hydroxyl groups is 1. The molecule has 0 spiro atoms. The van der Waals surface area contributed by atoms with Gasteiger partial charge in [-0.3, -0.25) is 0 Å². The van der Waals surface area contributed by atoms with Crippen LogP contribution in [0.15, 0.2) is 11.6 Å². The summed E-state index contributed by atoms with van der Waals surface area (Å²) in [6.45, 7) is 0.343. The first-order valence-electron chi connectivity index (χ1n) is 3.39. The van der Waals surface area contributed by atoms with Crippen LogP contribution in [0.2, 0.25) is 0 Å². The lowest BCUT2D eigenvalue weighted by Crippen LogP contribution is -2.50. The van der Waals surface area contributed by atoms with Gasteiger partial charge in [0.05, 0.1) is 6.61 Å². The molecule has 0 heterocycles. The molecule has 6 nitrogen and oxygen atoms in total. The second-order valence-corrected chi connectivity index (χ2v) is 2.64. The lowest BCUT2D eigenvalue weighted by atomic mass is 9.99. The first kappa shape index (κ1) is 11.6. The monoisotopic (exact) mass is 189 g/mol. The van der Waals surface area contributed by atoms with Crippen LogP contribution in [0.3, 0.4) is 0 Å². The van der Waals surface area contributed by atoms with Crippen molar-refractivity contribution in [2.24, 2.45) is 5.73 Å². The summed E-state index contributed by atoms with van der Waals surface area (Å²) in [7, 11) is 0. The summed E-state index contributed by atoms with van der Waals surface area (Å²) in [5.41, 5.74) is 2.94. The molecule has 5 N–H and O–H groups in total. The average molecular weight is 189 g/mol. The van der Waals surface area contributed by atoms with Crippen LogP contribution in [0.5, 0.6) is 0 Å². The van der Waals surface area contributed by atoms with Gasteiger partial charge in [0, 0.05) is 5.57 Å². The Balaban J connectivity index is 4.91. The normalized spacial score (nSPS) is 16.4. The van der Waals surface area contributed by atoms with E-state index < -0.39 is 24.1 Å². The Bertz CT molecular complexity index is 260. The van der Waals surface area contributed by atoms with Gasteiger partial charge in [-0.05, 0) is 13.0 Å². The van der Waals surface area contributed by atoms with Crippen LogP contribution in [0.25, 0.3) is 0 Å². The highest BCUT2D eigenvalue weighted by Crippen LogP contribution is 2.06. The number of carboxylic acids is 2. The van der Waals surface area contributed by atoms with Crippen molar-refractivity contribution in [3.63, 3.8) is 0 Å². The van der Waals surface area contributed by atoms with Crippen molar-refractivity contribution in [1.29, 1.82) is 0 Å². The highest BCUT2D eigenvalue weighted by atomic mass is 16.4. The number of rotatable bonds is 4. The van der Waals surface area contributed by atoms with Gasteiger partial charge in [0.2, 0.25) is 0 Å². The minimum atomic E-state index is -2.03. The van der Waals surface area contributed by atoms with Gasteiger partial charge >= 0.3 is 11.9 Å². The molecule has 0 bridgehead atoms. The largest absolute Gasteiger partial charge is 0.480 e. The van der Waals surface area contributed by atoms with Crippen LogP contribution < -0.4 is 5.73 Å². The third kappa shape index (κ3) is 2.85. The fraction of sp³-hybridized carbons (Fsp3) is 0.429. The van der Waals surface area contributed by atoms with Crippen LogP contribution in [0.4, 0.5) is 0 Å². The molecule has 6 heteroatoms. The van der Waals surface area contributed by atoms with Crippen molar-refractivity contribution in [1.82, 2.24) is 0 Å². The summed E-state index contributed by atoms with van der Waals surface area (Å²) in [4.78, 5) is 20.8. The Morgan fingerprint density at radius 2 is 1.92 bits per heavy atom. The quantitative estimate of drug-likeness (QED) is 0.412. The Labute approximate surface area is 74.3 Å². The number of hydrogen-bond donors (Lipinski definition) is 4. The molecule has 0 amide bonds. The van der Waals surface area contributed by atoms with Crippen LogP contribution in [-0.2, 0) is 9.59 Å². The summed E-state index contributed by atoms with van der Waals surface area (Å²) in [6.07, 6.45) is 0.803. The topological polar surface area (TPSA) is 121 Å². The van der Waals surface area contributed by atoms with E-state index in [0.717, 1.165) is 6.08 Å². The van der Waals surface area contributed by atoms with Crippen LogP contribution in [-0.4, -0.2) is 39.4 Å².